The second kappa shape index (κ2) is 7.02. The second-order valence-electron chi connectivity index (χ2n) is 5.13. The molecule has 0 saturated carbocycles. The zero-order valence-electron chi connectivity index (χ0n) is 13.6. The number of amides is 1. The third-order valence-electron chi connectivity index (χ3n) is 3.64. The fraction of sp³-hybridized carbons (Fsp3) is 0.353. The molecule has 0 fully saturated rings. The number of carbonyl (C=O) groups excluding carboxylic acids is 1. The van der Waals surface area contributed by atoms with Gasteiger partial charge in [0.15, 0.2) is 0 Å². The van der Waals surface area contributed by atoms with Gasteiger partial charge in [0, 0.05) is 25.0 Å². The summed E-state index contributed by atoms with van der Waals surface area (Å²) in [7, 11) is 0. The maximum atomic E-state index is 12.4. The molecule has 2 aromatic rings. The van der Waals surface area contributed by atoms with E-state index in [-0.39, 0.29) is 5.91 Å². The molecule has 0 aliphatic heterocycles. The summed E-state index contributed by atoms with van der Waals surface area (Å²) < 4.78 is 0. The van der Waals surface area contributed by atoms with Gasteiger partial charge in [0.05, 0.1) is 0 Å². The van der Waals surface area contributed by atoms with E-state index in [4.69, 9.17) is 0 Å². The topological polar surface area (TPSA) is 58.1 Å². The van der Waals surface area contributed by atoms with Crippen LogP contribution >= 0.6 is 0 Å². The molecule has 1 aromatic heterocycles. The quantitative estimate of drug-likeness (QED) is 0.920. The molecular formula is C17H22N4O. The average molecular weight is 298 g/mol. The van der Waals surface area contributed by atoms with Gasteiger partial charge in [0.25, 0.3) is 5.91 Å². The number of carbonyl (C=O) groups is 1. The van der Waals surface area contributed by atoms with Crippen LogP contribution in [0.25, 0.3) is 0 Å². The van der Waals surface area contributed by atoms with E-state index >= 15 is 0 Å². The molecule has 0 unspecified atom stereocenters. The molecule has 0 aliphatic carbocycles. The van der Waals surface area contributed by atoms with Gasteiger partial charge in [-0.3, -0.25) is 4.79 Å². The number of para-hydroxylation sites is 1. The number of nitrogens with zero attached hydrogens (tertiary/aromatic N) is 3. The summed E-state index contributed by atoms with van der Waals surface area (Å²) in [6.07, 6.45) is 1.61. The Bertz CT molecular complexity index is 645. The number of rotatable bonds is 5. The fourth-order valence-electron chi connectivity index (χ4n) is 2.33. The molecule has 0 radical (unpaired) electrons. The van der Waals surface area contributed by atoms with Crippen LogP contribution in [0, 0.1) is 13.8 Å². The minimum atomic E-state index is -0.0723. The molecule has 0 aliphatic rings. The molecule has 1 aromatic carbocycles. The Labute approximate surface area is 131 Å². The molecule has 2 rings (SSSR count). The highest BCUT2D eigenvalue weighted by molar-refractivity contribution is 5.92. The number of hydrogen-bond donors (Lipinski definition) is 1. The first-order valence-electron chi connectivity index (χ1n) is 7.52. The van der Waals surface area contributed by atoms with E-state index in [1.54, 1.807) is 17.2 Å². The minimum Gasteiger partial charge on any atom is -0.338 e. The Morgan fingerprint density at radius 1 is 1.14 bits per heavy atom. The average Bonchev–Trinajstić information content (AvgIpc) is 2.52. The molecule has 1 amide bonds. The van der Waals surface area contributed by atoms with Crippen LogP contribution in [0.3, 0.4) is 0 Å². The predicted octanol–water partition coefficient (Wildman–Crippen LogP) is 3.32. The van der Waals surface area contributed by atoms with Crippen LogP contribution in [0.15, 0.2) is 30.5 Å². The van der Waals surface area contributed by atoms with E-state index in [9.17, 15) is 4.79 Å². The highest BCUT2D eigenvalue weighted by atomic mass is 16.2. The first kappa shape index (κ1) is 15.9. The number of benzene rings is 1. The molecule has 22 heavy (non-hydrogen) atoms. The van der Waals surface area contributed by atoms with E-state index in [2.05, 4.69) is 15.3 Å². The third-order valence-corrected chi connectivity index (χ3v) is 3.64. The Morgan fingerprint density at radius 2 is 1.77 bits per heavy atom. The lowest BCUT2D eigenvalue weighted by molar-refractivity contribution is 0.0767. The minimum absolute atomic E-state index is 0.0723. The van der Waals surface area contributed by atoms with Crippen molar-refractivity contribution in [1.82, 2.24) is 14.9 Å². The van der Waals surface area contributed by atoms with E-state index < -0.39 is 0 Å². The summed E-state index contributed by atoms with van der Waals surface area (Å²) in [5.41, 5.74) is 3.62. The summed E-state index contributed by atoms with van der Waals surface area (Å²) in [4.78, 5) is 22.7. The Kier molecular flexibility index (Phi) is 5.09. The van der Waals surface area contributed by atoms with E-state index in [0.29, 0.717) is 24.7 Å². The summed E-state index contributed by atoms with van der Waals surface area (Å²) >= 11 is 0. The van der Waals surface area contributed by atoms with Crippen molar-refractivity contribution in [2.75, 3.05) is 18.4 Å². The fourth-order valence-corrected chi connectivity index (χ4v) is 2.33. The summed E-state index contributed by atoms with van der Waals surface area (Å²) in [5.74, 6) is 0.368. The molecule has 5 nitrogen and oxygen atoms in total. The Morgan fingerprint density at radius 3 is 2.36 bits per heavy atom. The molecule has 0 spiro atoms. The zero-order valence-corrected chi connectivity index (χ0v) is 13.6. The molecular weight excluding hydrogens is 276 g/mol. The highest BCUT2D eigenvalue weighted by Crippen LogP contribution is 2.22. The van der Waals surface area contributed by atoms with Gasteiger partial charge in [-0.25, -0.2) is 9.97 Å². The van der Waals surface area contributed by atoms with Crippen molar-refractivity contribution >= 4 is 17.5 Å². The molecule has 0 bridgehead atoms. The number of hydrogen-bond acceptors (Lipinski definition) is 4. The van der Waals surface area contributed by atoms with Gasteiger partial charge >= 0.3 is 0 Å². The van der Waals surface area contributed by atoms with Crippen molar-refractivity contribution in [1.29, 1.82) is 0 Å². The monoisotopic (exact) mass is 298 g/mol. The van der Waals surface area contributed by atoms with Gasteiger partial charge in [-0.1, -0.05) is 18.2 Å². The highest BCUT2D eigenvalue weighted by Gasteiger charge is 2.15. The van der Waals surface area contributed by atoms with Crippen LogP contribution in [-0.4, -0.2) is 33.9 Å². The first-order chi connectivity index (χ1) is 10.6. The summed E-state index contributed by atoms with van der Waals surface area (Å²) in [5, 5.41) is 3.22. The van der Waals surface area contributed by atoms with Gasteiger partial charge in [-0.15, -0.1) is 0 Å². The van der Waals surface area contributed by atoms with Gasteiger partial charge in [0.1, 0.15) is 5.69 Å². The van der Waals surface area contributed by atoms with Crippen molar-refractivity contribution in [2.24, 2.45) is 0 Å². The number of anilines is 2. The lowest BCUT2D eigenvalue weighted by Crippen LogP contribution is -2.31. The zero-order chi connectivity index (χ0) is 16.1. The first-order valence-corrected chi connectivity index (χ1v) is 7.52. The maximum Gasteiger partial charge on any atom is 0.272 e. The van der Waals surface area contributed by atoms with E-state index in [1.807, 2.05) is 45.9 Å². The van der Waals surface area contributed by atoms with Crippen molar-refractivity contribution in [3.8, 4) is 0 Å². The predicted molar refractivity (Wildman–Crippen MR) is 88.5 cm³/mol. The van der Waals surface area contributed by atoms with Crippen LogP contribution in [0.4, 0.5) is 11.6 Å². The molecule has 0 saturated heterocycles. The summed E-state index contributed by atoms with van der Waals surface area (Å²) in [6.45, 7) is 9.30. The van der Waals surface area contributed by atoms with Crippen molar-refractivity contribution < 1.29 is 4.79 Å². The van der Waals surface area contributed by atoms with Crippen LogP contribution in [0.2, 0.25) is 0 Å². The van der Waals surface area contributed by atoms with Gasteiger partial charge in [-0.2, -0.15) is 0 Å². The normalized spacial score (nSPS) is 10.4. The molecule has 1 N–H and O–H groups in total. The van der Waals surface area contributed by atoms with Gasteiger partial charge in [-0.05, 0) is 44.9 Å². The maximum absolute atomic E-state index is 12.4. The molecule has 116 valence electrons. The van der Waals surface area contributed by atoms with E-state index in [0.717, 1.165) is 16.8 Å². The van der Waals surface area contributed by atoms with E-state index in [1.165, 1.54) is 0 Å². The van der Waals surface area contributed by atoms with Gasteiger partial charge < -0.3 is 10.2 Å². The molecule has 1 heterocycles. The van der Waals surface area contributed by atoms with Gasteiger partial charge in [0.2, 0.25) is 5.95 Å². The lowest BCUT2D eigenvalue weighted by Gasteiger charge is -2.18. The van der Waals surface area contributed by atoms with Crippen molar-refractivity contribution in [3.05, 3.63) is 47.3 Å². The largest absolute Gasteiger partial charge is 0.338 e. The SMILES string of the molecule is CCN(CC)C(=O)c1ccnc(Nc2c(C)cccc2C)n1. The van der Waals surface area contributed by atoms with Crippen LogP contribution in [0.1, 0.15) is 35.5 Å². The van der Waals surface area contributed by atoms with Crippen molar-refractivity contribution in [2.45, 2.75) is 27.7 Å². The number of aromatic nitrogens is 2. The smallest absolute Gasteiger partial charge is 0.272 e. The number of nitrogens with one attached hydrogen (secondary N) is 1. The lowest BCUT2D eigenvalue weighted by atomic mass is 10.1. The van der Waals surface area contributed by atoms with Crippen LogP contribution in [0.5, 0.6) is 0 Å². The number of aryl methyl sites for hydroxylation is 2. The van der Waals surface area contributed by atoms with Crippen molar-refractivity contribution in [3.63, 3.8) is 0 Å². The second-order valence-corrected chi connectivity index (χ2v) is 5.13. The Balaban J connectivity index is 2.27. The van der Waals surface area contributed by atoms with Crippen LogP contribution < -0.4 is 5.32 Å². The summed E-state index contributed by atoms with van der Waals surface area (Å²) in [6, 6.07) is 7.72. The van der Waals surface area contributed by atoms with Crippen LogP contribution in [-0.2, 0) is 0 Å². The standard InChI is InChI=1S/C17H22N4O/c1-5-21(6-2)16(22)14-10-11-18-17(19-14)20-15-12(3)8-7-9-13(15)4/h7-11H,5-6H2,1-4H3,(H,18,19,20). The molecule has 5 heteroatoms. The third kappa shape index (κ3) is 3.42. The Hall–Kier alpha value is -2.43. The molecule has 0 atom stereocenters.